The summed E-state index contributed by atoms with van der Waals surface area (Å²) in [5, 5.41) is 5.90. The van der Waals surface area contributed by atoms with Crippen molar-refractivity contribution in [1.82, 2.24) is 15.5 Å². The first-order valence-electron chi connectivity index (χ1n) is 12.0. The number of rotatable bonds is 10. The molecule has 0 aromatic heterocycles. The van der Waals surface area contributed by atoms with Crippen molar-refractivity contribution in [1.29, 1.82) is 0 Å². The second-order valence-electron chi connectivity index (χ2n) is 10.2. The number of aldehydes is 1. The highest BCUT2D eigenvalue weighted by atomic mass is 16.5. The number of nitrogens with zero attached hydrogens (tertiary/aromatic N) is 1. The molecule has 0 aliphatic rings. The third-order valence-corrected chi connectivity index (χ3v) is 4.59. The number of amides is 1. The fourth-order valence-electron chi connectivity index (χ4n) is 2.53. The van der Waals surface area contributed by atoms with E-state index in [-0.39, 0.29) is 17.3 Å². The summed E-state index contributed by atoms with van der Waals surface area (Å²) < 4.78 is 4.81. The van der Waals surface area contributed by atoms with E-state index >= 15 is 0 Å². The highest BCUT2D eigenvalue weighted by molar-refractivity contribution is 5.88. The molecule has 2 unspecified atom stereocenters. The van der Waals surface area contributed by atoms with Crippen LogP contribution in [0.15, 0.2) is 11.6 Å². The Morgan fingerprint density at radius 3 is 1.85 bits per heavy atom. The molecule has 0 saturated carbocycles. The van der Waals surface area contributed by atoms with Crippen molar-refractivity contribution in [2.24, 2.45) is 11.3 Å². The minimum absolute atomic E-state index is 0.120. The third-order valence-electron chi connectivity index (χ3n) is 4.59. The highest BCUT2D eigenvalue weighted by Crippen LogP contribution is 2.21. The second-order valence-corrected chi connectivity index (χ2v) is 10.2. The van der Waals surface area contributed by atoms with Crippen molar-refractivity contribution in [3.8, 4) is 0 Å². The summed E-state index contributed by atoms with van der Waals surface area (Å²) in [7, 11) is 5.68. The number of carbonyl (C=O) groups is 3. The highest BCUT2D eigenvalue weighted by Gasteiger charge is 2.35. The van der Waals surface area contributed by atoms with E-state index in [2.05, 4.69) is 38.3 Å². The number of carbonyl (C=O) groups excluding carboxylic acids is 3. The molecule has 0 bridgehead atoms. The van der Waals surface area contributed by atoms with Gasteiger partial charge >= 0.3 is 5.97 Å². The van der Waals surface area contributed by atoms with Crippen LogP contribution in [0.3, 0.4) is 0 Å². The van der Waals surface area contributed by atoms with E-state index < -0.39 is 11.6 Å². The zero-order valence-corrected chi connectivity index (χ0v) is 23.7. The first kappa shape index (κ1) is 35.9. The quantitative estimate of drug-likeness (QED) is 0.282. The first-order chi connectivity index (χ1) is 15.1. The van der Waals surface area contributed by atoms with Gasteiger partial charge < -0.3 is 25.1 Å². The molecule has 0 rings (SSSR count). The standard InChI is InChI=1S/C14H28N2O2.C9H17NO2.C3H8/c1-10(2)8-14(6,15-7)12(18)16-11(9-17)13(3,4)5;1-5-12-9(11)8(2)6-7-10(3)4;1-3-2/h9-11,15H,8H2,1-7H3,(H,16,18);6H,5,7H2,1-4H3;3H2,1-2H3/b;8-6+;. The second kappa shape index (κ2) is 18.7. The van der Waals surface area contributed by atoms with Gasteiger partial charge in [-0.3, -0.25) is 4.79 Å². The predicted octanol–water partition coefficient (Wildman–Crippen LogP) is 4.21. The van der Waals surface area contributed by atoms with Crippen LogP contribution in [0.4, 0.5) is 0 Å². The van der Waals surface area contributed by atoms with E-state index in [1.807, 2.05) is 52.8 Å². The smallest absolute Gasteiger partial charge is 0.333 e. The Labute approximate surface area is 204 Å². The van der Waals surface area contributed by atoms with Gasteiger partial charge in [0.2, 0.25) is 5.91 Å². The molecule has 2 N–H and O–H groups in total. The van der Waals surface area contributed by atoms with Gasteiger partial charge in [-0.1, -0.05) is 61.0 Å². The van der Waals surface area contributed by atoms with Crippen molar-refractivity contribution in [3.63, 3.8) is 0 Å². The molecule has 7 nitrogen and oxygen atoms in total. The Morgan fingerprint density at radius 1 is 1.06 bits per heavy atom. The molecular formula is C26H53N3O4. The van der Waals surface area contributed by atoms with Crippen molar-refractivity contribution in [3.05, 3.63) is 11.6 Å². The van der Waals surface area contributed by atoms with Crippen LogP contribution >= 0.6 is 0 Å². The lowest BCUT2D eigenvalue weighted by Crippen LogP contribution is -2.58. The molecule has 0 heterocycles. The van der Waals surface area contributed by atoms with Crippen LogP contribution in [0.2, 0.25) is 0 Å². The molecule has 0 fully saturated rings. The van der Waals surface area contributed by atoms with Gasteiger partial charge in [0.15, 0.2) is 0 Å². The van der Waals surface area contributed by atoms with Gasteiger partial charge in [0, 0.05) is 12.1 Å². The molecule has 0 aromatic carbocycles. The molecule has 0 spiro atoms. The van der Waals surface area contributed by atoms with Crippen LogP contribution in [0.25, 0.3) is 0 Å². The summed E-state index contributed by atoms with van der Waals surface area (Å²) in [5.41, 5.74) is -0.240. The summed E-state index contributed by atoms with van der Waals surface area (Å²) in [6, 6.07) is -0.468. The van der Waals surface area contributed by atoms with Gasteiger partial charge in [0.1, 0.15) is 6.29 Å². The number of hydrogen-bond acceptors (Lipinski definition) is 6. The Kier molecular flexibility index (Phi) is 20.3. The van der Waals surface area contributed by atoms with Crippen LogP contribution in [0.1, 0.15) is 82.1 Å². The predicted molar refractivity (Wildman–Crippen MR) is 139 cm³/mol. The van der Waals surface area contributed by atoms with E-state index in [1.165, 1.54) is 6.42 Å². The lowest BCUT2D eigenvalue weighted by molar-refractivity contribution is -0.138. The number of hydrogen-bond donors (Lipinski definition) is 2. The van der Waals surface area contributed by atoms with Gasteiger partial charge in [-0.05, 0) is 59.7 Å². The number of likely N-dealkylation sites (N-methyl/N-ethyl adjacent to an activating group) is 2. The molecule has 196 valence electrons. The number of nitrogens with one attached hydrogen (secondary N) is 2. The average molecular weight is 472 g/mol. The maximum atomic E-state index is 12.3. The van der Waals surface area contributed by atoms with E-state index in [9.17, 15) is 14.4 Å². The molecule has 33 heavy (non-hydrogen) atoms. The molecule has 2 atom stereocenters. The first-order valence-corrected chi connectivity index (χ1v) is 12.0. The summed E-state index contributed by atoms with van der Waals surface area (Å²) in [6.45, 7) is 20.8. The van der Waals surface area contributed by atoms with Crippen LogP contribution < -0.4 is 10.6 Å². The Hall–Kier alpha value is -1.73. The van der Waals surface area contributed by atoms with Gasteiger partial charge in [0.25, 0.3) is 0 Å². The Morgan fingerprint density at radius 2 is 1.55 bits per heavy atom. The van der Waals surface area contributed by atoms with E-state index in [0.29, 0.717) is 18.1 Å². The zero-order chi connectivity index (χ0) is 26.8. The maximum absolute atomic E-state index is 12.3. The van der Waals surface area contributed by atoms with E-state index in [1.54, 1.807) is 20.9 Å². The molecule has 0 aliphatic carbocycles. The normalized spacial score (nSPS) is 14.2. The minimum atomic E-state index is -0.638. The molecular weight excluding hydrogens is 418 g/mol. The van der Waals surface area contributed by atoms with Gasteiger partial charge in [0.05, 0.1) is 18.2 Å². The zero-order valence-electron chi connectivity index (χ0n) is 23.7. The lowest BCUT2D eigenvalue weighted by atomic mass is 9.85. The number of esters is 1. The lowest BCUT2D eigenvalue weighted by Gasteiger charge is -2.34. The maximum Gasteiger partial charge on any atom is 0.333 e. The molecule has 0 radical (unpaired) electrons. The van der Waals surface area contributed by atoms with Crippen LogP contribution in [0.5, 0.6) is 0 Å². The van der Waals surface area contributed by atoms with Crippen molar-refractivity contribution < 1.29 is 19.1 Å². The van der Waals surface area contributed by atoms with Crippen LogP contribution in [-0.2, 0) is 19.1 Å². The fourth-order valence-corrected chi connectivity index (χ4v) is 2.53. The molecule has 1 amide bonds. The summed E-state index contributed by atoms with van der Waals surface area (Å²) in [6.07, 6.45) is 4.65. The van der Waals surface area contributed by atoms with Crippen molar-refractivity contribution >= 4 is 18.2 Å². The third kappa shape index (κ3) is 18.4. The molecule has 0 aromatic rings. The largest absolute Gasteiger partial charge is 0.463 e. The van der Waals surface area contributed by atoms with E-state index in [4.69, 9.17) is 4.74 Å². The Bertz CT molecular complexity index is 581. The molecule has 0 saturated heterocycles. The number of ether oxygens (including phenoxy) is 1. The van der Waals surface area contributed by atoms with Crippen molar-refractivity contribution in [2.45, 2.75) is 93.7 Å². The monoisotopic (exact) mass is 471 g/mol. The summed E-state index contributed by atoms with van der Waals surface area (Å²) >= 11 is 0. The van der Waals surface area contributed by atoms with Crippen LogP contribution in [0, 0.1) is 11.3 Å². The van der Waals surface area contributed by atoms with Crippen LogP contribution in [-0.4, -0.2) is 68.9 Å². The topological polar surface area (TPSA) is 87.7 Å². The van der Waals surface area contributed by atoms with Gasteiger partial charge in [-0.25, -0.2) is 4.79 Å². The SMILES string of the molecule is CCC.CCOC(=O)/C(C)=C/CN(C)C.CNC(C)(CC(C)C)C(=O)NC(C=O)C(C)(C)C. The van der Waals surface area contributed by atoms with Crippen molar-refractivity contribution in [2.75, 3.05) is 34.3 Å². The summed E-state index contributed by atoms with van der Waals surface area (Å²) in [5.74, 6) is 0.0580. The fraction of sp³-hybridized carbons (Fsp3) is 0.808. The summed E-state index contributed by atoms with van der Waals surface area (Å²) in [4.78, 5) is 36.4. The molecule has 7 heteroatoms. The molecule has 0 aliphatic heterocycles. The van der Waals surface area contributed by atoms with E-state index in [0.717, 1.165) is 19.3 Å². The van der Waals surface area contributed by atoms with Gasteiger partial charge in [-0.2, -0.15) is 0 Å². The minimum Gasteiger partial charge on any atom is -0.463 e. The van der Waals surface area contributed by atoms with Gasteiger partial charge in [-0.15, -0.1) is 0 Å². The Balaban J connectivity index is -0.000000517. The average Bonchev–Trinajstić information content (AvgIpc) is 2.69.